The van der Waals surface area contributed by atoms with E-state index in [4.69, 9.17) is 0 Å². The van der Waals surface area contributed by atoms with Crippen LogP contribution >= 0.6 is 15.9 Å². The fraction of sp³-hybridized carbons (Fsp3) is 0.429. The summed E-state index contributed by atoms with van der Waals surface area (Å²) in [6, 6.07) is 4.00. The van der Waals surface area contributed by atoms with Crippen molar-refractivity contribution < 1.29 is 5.11 Å². The van der Waals surface area contributed by atoms with Gasteiger partial charge in [0.25, 0.3) is 0 Å². The molecule has 19 heavy (non-hydrogen) atoms. The Hall–Kier alpha value is -1.20. The standard InChI is InChI=1S/C14H18BrN3O/c1-8(2)18-13(12(15)7-16-18)14(19)11-5-9(3)17-10(4)6-11/h5-8,14,19H,1-4H3. The van der Waals surface area contributed by atoms with E-state index in [1.54, 1.807) is 6.20 Å². The largest absolute Gasteiger partial charge is 0.382 e. The highest BCUT2D eigenvalue weighted by molar-refractivity contribution is 9.10. The Morgan fingerprint density at radius 3 is 2.32 bits per heavy atom. The molecule has 2 aromatic heterocycles. The molecule has 0 aliphatic heterocycles. The summed E-state index contributed by atoms with van der Waals surface area (Å²) in [6.07, 6.45) is 1.01. The molecule has 2 heterocycles. The van der Waals surface area contributed by atoms with Crippen molar-refractivity contribution in [3.05, 3.63) is 45.4 Å². The number of aliphatic hydroxyl groups excluding tert-OH is 1. The van der Waals surface area contributed by atoms with Gasteiger partial charge in [0.2, 0.25) is 0 Å². The van der Waals surface area contributed by atoms with E-state index >= 15 is 0 Å². The number of nitrogens with zero attached hydrogens (tertiary/aromatic N) is 3. The molecule has 2 aromatic rings. The molecular formula is C14H18BrN3O. The summed E-state index contributed by atoms with van der Waals surface area (Å²) in [5.74, 6) is 0. The minimum absolute atomic E-state index is 0.194. The number of aliphatic hydroxyl groups is 1. The van der Waals surface area contributed by atoms with Crippen molar-refractivity contribution in [3.63, 3.8) is 0 Å². The van der Waals surface area contributed by atoms with Gasteiger partial charge in [-0.05, 0) is 61.3 Å². The minimum Gasteiger partial charge on any atom is -0.382 e. The van der Waals surface area contributed by atoms with Gasteiger partial charge in [-0.1, -0.05) is 0 Å². The lowest BCUT2D eigenvalue weighted by atomic mass is 10.1. The molecule has 1 unspecified atom stereocenters. The zero-order chi connectivity index (χ0) is 14.2. The molecule has 0 fully saturated rings. The highest BCUT2D eigenvalue weighted by Crippen LogP contribution is 2.30. The van der Waals surface area contributed by atoms with Gasteiger partial charge in [0.05, 0.1) is 16.4 Å². The maximum Gasteiger partial charge on any atom is 0.122 e. The number of halogens is 1. The predicted octanol–water partition coefficient (Wildman–Crippen LogP) is 3.32. The van der Waals surface area contributed by atoms with Gasteiger partial charge in [0.15, 0.2) is 0 Å². The van der Waals surface area contributed by atoms with Gasteiger partial charge in [-0.3, -0.25) is 9.67 Å². The van der Waals surface area contributed by atoms with E-state index in [1.165, 1.54) is 0 Å². The summed E-state index contributed by atoms with van der Waals surface area (Å²) in [5, 5.41) is 14.9. The van der Waals surface area contributed by atoms with Crippen LogP contribution in [0, 0.1) is 13.8 Å². The fourth-order valence-electron chi connectivity index (χ4n) is 2.20. The average Bonchev–Trinajstić information content (AvgIpc) is 2.69. The maximum atomic E-state index is 10.6. The third kappa shape index (κ3) is 2.87. The summed E-state index contributed by atoms with van der Waals surface area (Å²) in [4.78, 5) is 4.33. The fourth-order valence-corrected chi connectivity index (χ4v) is 2.69. The maximum absolute atomic E-state index is 10.6. The van der Waals surface area contributed by atoms with E-state index in [-0.39, 0.29) is 6.04 Å². The van der Waals surface area contributed by atoms with Gasteiger partial charge < -0.3 is 5.11 Å². The number of aromatic nitrogens is 3. The summed E-state index contributed by atoms with van der Waals surface area (Å²) in [5.41, 5.74) is 3.43. The monoisotopic (exact) mass is 323 g/mol. The van der Waals surface area contributed by atoms with Crippen LogP contribution in [0.3, 0.4) is 0 Å². The highest BCUT2D eigenvalue weighted by Gasteiger charge is 2.21. The Morgan fingerprint density at radius 2 is 1.79 bits per heavy atom. The number of aryl methyl sites for hydroxylation is 2. The van der Waals surface area contributed by atoms with Crippen LogP contribution in [0.1, 0.15) is 48.6 Å². The van der Waals surface area contributed by atoms with Crippen LogP contribution in [-0.4, -0.2) is 19.9 Å². The molecule has 0 saturated heterocycles. The molecule has 5 heteroatoms. The van der Waals surface area contributed by atoms with Crippen LogP contribution in [0.4, 0.5) is 0 Å². The average molecular weight is 324 g/mol. The van der Waals surface area contributed by atoms with Crippen LogP contribution in [0.2, 0.25) is 0 Å². The number of pyridine rings is 1. The number of rotatable bonds is 3. The Kier molecular flexibility index (Phi) is 4.06. The van der Waals surface area contributed by atoms with Gasteiger partial charge in [0, 0.05) is 17.4 Å². The summed E-state index contributed by atoms with van der Waals surface area (Å²) < 4.78 is 2.65. The number of hydrogen-bond donors (Lipinski definition) is 1. The molecule has 1 atom stereocenters. The molecule has 0 saturated carbocycles. The molecule has 102 valence electrons. The molecule has 0 bridgehead atoms. The zero-order valence-corrected chi connectivity index (χ0v) is 13.1. The molecule has 0 aliphatic carbocycles. The third-order valence-electron chi connectivity index (χ3n) is 2.95. The van der Waals surface area contributed by atoms with E-state index in [0.29, 0.717) is 0 Å². The summed E-state index contributed by atoms with van der Waals surface area (Å²) >= 11 is 3.46. The van der Waals surface area contributed by atoms with Gasteiger partial charge >= 0.3 is 0 Å². The minimum atomic E-state index is -0.709. The summed E-state index contributed by atoms with van der Waals surface area (Å²) in [6.45, 7) is 7.94. The molecule has 0 radical (unpaired) electrons. The topological polar surface area (TPSA) is 50.9 Å². The van der Waals surface area contributed by atoms with E-state index in [1.807, 2.05) is 44.5 Å². The zero-order valence-electron chi connectivity index (χ0n) is 11.6. The van der Waals surface area contributed by atoms with Crippen molar-refractivity contribution in [1.82, 2.24) is 14.8 Å². The normalized spacial score (nSPS) is 13.0. The molecule has 0 aromatic carbocycles. The first-order valence-electron chi connectivity index (χ1n) is 6.26. The highest BCUT2D eigenvalue weighted by atomic mass is 79.9. The van der Waals surface area contributed by atoms with Crippen LogP contribution in [0.5, 0.6) is 0 Å². The molecular weight excluding hydrogens is 306 g/mol. The quantitative estimate of drug-likeness (QED) is 0.942. The lowest BCUT2D eigenvalue weighted by Gasteiger charge is -2.17. The smallest absolute Gasteiger partial charge is 0.122 e. The van der Waals surface area contributed by atoms with Crippen molar-refractivity contribution in [2.45, 2.75) is 39.8 Å². The van der Waals surface area contributed by atoms with Gasteiger partial charge in [0.1, 0.15) is 6.10 Å². The first kappa shape index (κ1) is 14.2. The van der Waals surface area contributed by atoms with E-state index < -0.39 is 6.10 Å². The van der Waals surface area contributed by atoms with Gasteiger partial charge in [-0.2, -0.15) is 5.10 Å². The second kappa shape index (κ2) is 5.43. The van der Waals surface area contributed by atoms with Crippen LogP contribution in [0.15, 0.2) is 22.8 Å². The van der Waals surface area contributed by atoms with Crippen molar-refractivity contribution in [2.24, 2.45) is 0 Å². The van der Waals surface area contributed by atoms with Crippen molar-refractivity contribution in [1.29, 1.82) is 0 Å². The molecule has 4 nitrogen and oxygen atoms in total. The van der Waals surface area contributed by atoms with Gasteiger partial charge in [-0.15, -0.1) is 0 Å². The lowest BCUT2D eigenvalue weighted by Crippen LogP contribution is -2.13. The third-order valence-corrected chi connectivity index (χ3v) is 3.57. The van der Waals surface area contributed by atoms with Crippen LogP contribution in [-0.2, 0) is 0 Å². The Balaban J connectivity index is 2.49. The lowest BCUT2D eigenvalue weighted by molar-refractivity contribution is 0.204. The molecule has 0 amide bonds. The first-order valence-corrected chi connectivity index (χ1v) is 7.05. The SMILES string of the molecule is Cc1cc(C(O)c2c(Br)cnn2C(C)C)cc(C)n1. The second-order valence-electron chi connectivity index (χ2n) is 5.00. The Bertz CT molecular complexity index is 572. The molecule has 1 N–H and O–H groups in total. The molecule has 0 aliphatic rings. The Labute approximate surface area is 121 Å². The predicted molar refractivity (Wildman–Crippen MR) is 78.1 cm³/mol. The second-order valence-corrected chi connectivity index (χ2v) is 5.86. The van der Waals surface area contributed by atoms with E-state index in [0.717, 1.165) is 27.1 Å². The van der Waals surface area contributed by atoms with Crippen molar-refractivity contribution in [3.8, 4) is 0 Å². The first-order chi connectivity index (χ1) is 8.90. The Morgan fingerprint density at radius 1 is 1.21 bits per heavy atom. The molecule has 0 spiro atoms. The molecule has 2 rings (SSSR count). The summed E-state index contributed by atoms with van der Waals surface area (Å²) in [7, 11) is 0. The van der Waals surface area contributed by atoms with E-state index in [2.05, 4.69) is 26.0 Å². The van der Waals surface area contributed by atoms with Crippen molar-refractivity contribution >= 4 is 15.9 Å². The number of hydrogen-bond acceptors (Lipinski definition) is 3. The van der Waals surface area contributed by atoms with Crippen molar-refractivity contribution in [2.75, 3.05) is 0 Å². The van der Waals surface area contributed by atoms with Gasteiger partial charge in [-0.25, -0.2) is 0 Å². The van der Waals surface area contributed by atoms with Crippen LogP contribution < -0.4 is 0 Å². The van der Waals surface area contributed by atoms with Crippen LogP contribution in [0.25, 0.3) is 0 Å². The van der Waals surface area contributed by atoms with E-state index in [9.17, 15) is 5.11 Å².